The molecule has 2 N–H and O–H groups in total. The van der Waals surface area contributed by atoms with Gasteiger partial charge in [-0.25, -0.2) is 13.1 Å². The van der Waals surface area contributed by atoms with E-state index in [0.29, 0.717) is 25.6 Å². The molecule has 0 bridgehead atoms. The molecule has 2 aliphatic heterocycles. The van der Waals surface area contributed by atoms with Crippen molar-refractivity contribution in [2.75, 3.05) is 48.4 Å². The summed E-state index contributed by atoms with van der Waals surface area (Å²) in [5.41, 5.74) is 5.85. The lowest BCUT2D eigenvalue weighted by Gasteiger charge is -2.25. The van der Waals surface area contributed by atoms with Gasteiger partial charge in [0.1, 0.15) is 0 Å². The van der Waals surface area contributed by atoms with Gasteiger partial charge in [-0.2, -0.15) is 4.98 Å². The average molecular weight is 287 g/mol. The van der Waals surface area contributed by atoms with Gasteiger partial charge in [0.25, 0.3) is 0 Å². The third-order valence-electron chi connectivity index (χ3n) is 3.49. The summed E-state index contributed by atoms with van der Waals surface area (Å²) in [6.45, 7) is 2.75. The van der Waals surface area contributed by atoms with Gasteiger partial charge in [-0.15, -0.1) is 5.10 Å². The summed E-state index contributed by atoms with van der Waals surface area (Å²) in [6.07, 6.45) is 0.554. The minimum Gasteiger partial charge on any atom is -0.378 e. The minimum absolute atomic E-state index is 0.100. The van der Waals surface area contributed by atoms with E-state index in [1.54, 1.807) is 4.68 Å². The molecule has 9 heteroatoms. The standard InChI is InChI=1S/C10H17N5O3S/c11-9-12-10(14-2-4-18-5-3-14)13-15(9)8-1-6-19(16,17)7-8/h8H,1-7H2,(H2,11,12,13). The highest BCUT2D eigenvalue weighted by molar-refractivity contribution is 7.91. The van der Waals surface area contributed by atoms with E-state index in [-0.39, 0.29) is 23.5 Å². The van der Waals surface area contributed by atoms with E-state index in [0.717, 1.165) is 13.1 Å². The van der Waals surface area contributed by atoms with E-state index < -0.39 is 9.84 Å². The number of anilines is 2. The Hall–Kier alpha value is -1.35. The first-order valence-corrected chi connectivity index (χ1v) is 8.12. The fraction of sp³-hybridized carbons (Fsp3) is 0.800. The van der Waals surface area contributed by atoms with Gasteiger partial charge < -0.3 is 15.4 Å². The van der Waals surface area contributed by atoms with Crippen molar-refractivity contribution in [3.05, 3.63) is 0 Å². The Morgan fingerprint density at radius 2 is 2.05 bits per heavy atom. The van der Waals surface area contributed by atoms with Crippen molar-refractivity contribution < 1.29 is 13.2 Å². The van der Waals surface area contributed by atoms with E-state index in [1.165, 1.54) is 0 Å². The Morgan fingerprint density at radius 3 is 2.68 bits per heavy atom. The Morgan fingerprint density at radius 1 is 1.32 bits per heavy atom. The maximum atomic E-state index is 11.5. The summed E-state index contributed by atoms with van der Waals surface area (Å²) in [4.78, 5) is 6.23. The van der Waals surface area contributed by atoms with Crippen LogP contribution in [0.4, 0.5) is 11.9 Å². The van der Waals surface area contributed by atoms with Crippen LogP contribution in [0.1, 0.15) is 12.5 Å². The number of nitrogens with two attached hydrogens (primary N) is 1. The van der Waals surface area contributed by atoms with E-state index in [2.05, 4.69) is 10.1 Å². The third kappa shape index (κ3) is 2.52. The van der Waals surface area contributed by atoms with Gasteiger partial charge in [-0.3, -0.25) is 0 Å². The van der Waals surface area contributed by atoms with Crippen molar-refractivity contribution in [1.82, 2.24) is 14.8 Å². The predicted octanol–water partition coefficient (Wildman–Crippen LogP) is -0.943. The number of aromatic nitrogens is 3. The number of rotatable bonds is 2. The maximum absolute atomic E-state index is 11.5. The van der Waals surface area contributed by atoms with E-state index in [4.69, 9.17) is 10.5 Å². The zero-order valence-corrected chi connectivity index (χ0v) is 11.3. The number of nitrogen functional groups attached to an aromatic ring is 1. The molecule has 0 spiro atoms. The molecule has 19 heavy (non-hydrogen) atoms. The number of hydrogen-bond donors (Lipinski definition) is 1. The molecule has 1 aromatic heterocycles. The molecule has 0 aliphatic carbocycles. The molecular formula is C10H17N5O3S. The van der Waals surface area contributed by atoms with Crippen LogP contribution in [0.3, 0.4) is 0 Å². The molecule has 106 valence electrons. The second-order valence-corrected chi connectivity index (χ2v) is 7.10. The van der Waals surface area contributed by atoms with Crippen molar-refractivity contribution >= 4 is 21.7 Å². The second-order valence-electron chi connectivity index (χ2n) is 4.87. The summed E-state index contributed by atoms with van der Waals surface area (Å²) in [5, 5.41) is 4.37. The van der Waals surface area contributed by atoms with Crippen LogP contribution in [0.25, 0.3) is 0 Å². The van der Waals surface area contributed by atoms with Crippen molar-refractivity contribution in [1.29, 1.82) is 0 Å². The molecule has 1 unspecified atom stereocenters. The van der Waals surface area contributed by atoms with E-state index in [1.807, 2.05) is 4.90 Å². The van der Waals surface area contributed by atoms with Gasteiger partial charge in [0.15, 0.2) is 9.84 Å². The Kier molecular flexibility index (Phi) is 3.09. The van der Waals surface area contributed by atoms with Crippen LogP contribution in [-0.4, -0.2) is 61.0 Å². The van der Waals surface area contributed by atoms with Crippen LogP contribution >= 0.6 is 0 Å². The van der Waals surface area contributed by atoms with Crippen molar-refractivity contribution in [3.8, 4) is 0 Å². The molecule has 1 aromatic rings. The summed E-state index contributed by atoms with van der Waals surface area (Å²) in [6, 6.07) is -0.188. The lowest BCUT2D eigenvalue weighted by atomic mass is 10.3. The molecular weight excluding hydrogens is 270 g/mol. The van der Waals surface area contributed by atoms with Crippen LogP contribution in [0, 0.1) is 0 Å². The van der Waals surface area contributed by atoms with Crippen LogP contribution in [-0.2, 0) is 14.6 Å². The van der Waals surface area contributed by atoms with Gasteiger partial charge >= 0.3 is 0 Å². The highest BCUT2D eigenvalue weighted by atomic mass is 32.2. The molecule has 0 radical (unpaired) electrons. The number of hydrogen-bond acceptors (Lipinski definition) is 7. The van der Waals surface area contributed by atoms with Crippen LogP contribution in [0.2, 0.25) is 0 Å². The first kappa shape index (κ1) is 12.7. The van der Waals surface area contributed by atoms with Crippen molar-refractivity contribution in [2.24, 2.45) is 0 Å². The highest BCUT2D eigenvalue weighted by Crippen LogP contribution is 2.26. The molecule has 3 heterocycles. The highest BCUT2D eigenvalue weighted by Gasteiger charge is 2.32. The Balaban J connectivity index is 1.81. The molecule has 2 aliphatic rings. The van der Waals surface area contributed by atoms with Crippen LogP contribution < -0.4 is 10.6 Å². The van der Waals surface area contributed by atoms with E-state index in [9.17, 15) is 8.42 Å². The van der Waals surface area contributed by atoms with Gasteiger partial charge in [0.2, 0.25) is 11.9 Å². The SMILES string of the molecule is Nc1nc(N2CCOCC2)nn1C1CCS(=O)(=O)C1. The average Bonchev–Trinajstić information content (AvgIpc) is 2.93. The molecule has 0 aromatic carbocycles. The van der Waals surface area contributed by atoms with Crippen molar-refractivity contribution in [3.63, 3.8) is 0 Å². The second kappa shape index (κ2) is 4.64. The monoisotopic (exact) mass is 287 g/mol. The lowest BCUT2D eigenvalue weighted by molar-refractivity contribution is 0.122. The molecule has 8 nitrogen and oxygen atoms in total. The molecule has 0 saturated carbocycles. The Bertz CT molecular complexity index is 564. The first-order valence-electron chi connectivity index (χ1n) is 6.30. The largest absolute Gasteiger partial charge is 0.378 e. The number of ether oxygens (including phenoxy) is 1. The smallest absolute Gasteiger partial charge is 0.246 e. The van der Waals surface area contributed by atoms with Gasteiger partial charge in [-0.1, -0.05) is 0 Å². The zero-order chi connectivity index (χ0) is 13.5. The summed E-state index contributed by atoms with van der Waals surface area (Å²) >= 11 is 0. The van der Waals surface area contributed by atoms with Crippen LogP contribution in [0.15, 0.2) is 0 Å². The third-order valence-corrected chi connectivity index (χ3v) is 5.25. The number of nitrogens with zero attached hydrogens (tertiary/aromatic N) is 4. The fourth-order valence-corrected chi connectivity index (χ4v) is 4.15. The quantitative estimate of drug-likeness (QED) is 0.748. The van der Waals surface area contributed by atoms with E-state index >= 15 is 0 Å². The molecule has 3 rings (SSSR count). The number of sulfone groups is 1. The van der Waals surface area contributed by atoms with Crippen molar-refractivity contribution in [2.45, 2.75) is 12.5 Å². The molecule has 2 saturated heterocycles. The van der Waals surface area contributed by atoms with Gasteiger partial charge in [0.05, 0.1) is 30.8 Å². The fourth-order valence-electron chi connectivity index (χ4n) is 2.46. The zero-order valence-electron chi connectivity index (χ0n) is 10.5. The predicted molar refractivity (Wildman–Crippen MR) is 69.8 cm³/mol. The topological polar surface area (TPSA) is 103 Å². The van der Waals surface area contributed by atoms with Crippen LogP contribution in [0.5, 0.6) is 0 Å². The lowest BCUT2D eigenvalue weighted by Crippen LogP contribution is -2.37. The Labute approximate surface area is 111 Å². The summed E-state index contributed by atoms with van der Waals surface area (Å²) in [7, 11) is -2.95. The van der Waals surface area contributed by atoms with Gasteiger partial charge in [0, 0.05) is 13.1 Å². The minimum atomic E-state index is -2.95. The molecule has 2 fully saturated rings. The van der Waals surface area contributed by atoms with Gasteiger partial charge in [-0.05, 0) is 6.42 Å². The molecule has 0 amide bonds. The maximum Gasteiger partial charge on any atom is 0.246 e. The summed E-state index contributed by atoms with van der Waals surface area (Å²) < 4.78 is 29.8. The normalized spacial score (nSPS) is 26.7. The molecule has 1 atom stereocenters. The summed E-state index contributed by atoms with van der Waals surface area (Å²) in [5.74, 6) is 1.14. The number of morpholine rings is 1. The first-order chi connectivity index (χ1) is 9.05.